The van der Waals surface area contributed by atoms with Crippen molar-refractivity contribution in [3.05, 3.63) is 34.9 Å². The number of anilines is 1. The Kier molecular flexibility index (Phi) is 2.98. The standard InChI is InChI=1S/C17H20ClNO/c1-5-10(2)12-8-15-13(9-14(12)18)17(3,4)16(20)19(15)11-6-7-11/h8-9,11H,2,5-7H2,1,3-4H3. The van der Waals surface area contributed by atoms with E-state index in [1.165, 1.54) is 0 Å². The topological polar surface area (TPSA) is 20.3 Å². The maximum absolute atomic E-state index is 12.7. The fraction of sp³-hybridized carbons (Fsp3) is 0.471. The third-order valence-corrected chi connectivity index (χ3v) is 4.80. The van der Waals surface area contributed by atoms with Gasteiger partial charge in [-0.3, -0.25) is 4.79 Å². The summed E-state index contributed by atoms with van der Waals surface area (Å²) in [5.74, 6) is 0.199. The van der Waals surface area contributed by atoms with E-state index in [1.54, 1.807) is 0 Å². The zero-order chi connectivity index (χ0) is 14.7. The van der Waals surface area contributed by atoms with E-state index in [0.29, 0.717) is 11.1 Å². The number of rotatable bonds is 3. The molecule has 0 bridgehead atoms. The Morgan fingerprint density at radius 3 is 2.65 bits per heavy atom. The van der Waals surface area contributed by atoms with Gasteiger partial charge >= 0.3 is 0 Å². The Morgan fingerprint density at radius 1 is 1.45 bits per heavy atom. The number of fused-ring (bicyclic) bond motifs is 1. The predicted octanol–water partition coefficient (Wildman–Crippen LogP) is 4.55. The molecule has 106 valence electrons. The molecule has 0 saturated heterocycles. The Hall–Kier alpha value is -1.28. The molecule has 3 heteroatoms. The summed E-state index contributed by atoms with van der Waals surface area (Å²) in [7, 11) is 0. The summed E-state index contributed by atoms with van der Waals surface area (Å²) < 4.78 is 0. The summed E-state index contributed by atoms with van der Waals surface area (Å²) in [4.78, 5) is 14.7. The second kappa shape index (κ2) is 4.36. The van der Waals surface area contributed by atoms with Crippen molar-refractivity contribution in [2.75, 3.05) is 4.90 Å². The van der Waals surface area contributed by atoms with Gasteiger partial charge in [0.25, 0.3) is 0 Å². The highest BCUT2D eigenvalue weighted by Crippen LogP contribution is 2.48. The lowest BCUT2D eigenvalue weighted by Crippen LogP contribution is -2.37. The zero-order valence-corrected chi connectivity index (χ0v) is 13.0. The molecule has 1 aliphatic carbocycles. The van der Waals surface area contributed by atoms with E-state index in [1.807, 2.05) is 24.8 Å². The second-order valence-corrected chi connectivity index (χ2v) is 6.74. The van der Waals surface area contributed by atoms with Gasteiger partial charge in [0.1, 0.15) is 0 Å². The summed E-state index contributed by atoms with van der Waals surface area (Å²) >= 11 is 6.41. The number of benzene rings is 1. The Labute approximate surface area is 125 Å². The van der Waals surface area contributed by atoms with E-state index in [0.717, 1.165) is 41.6 Å². The molecule has 0 unspecified atom stereocenters. The zero-order valence-electron chi connectivity index (χ0n) is 12.3. The van der Waals surface area contributed by atoms with Crippen LogP contribution in [0.15, 0.2) is 18.7 Å². The highest BCUT2D eigenvalue weighted by atomic mass is 35.5. The van der Waals surface area contributed by atoms with Gasteiger partial charge in [-0.2, -0.15) is 0 Å². The fourth-order valence-electron chi connectivity index (χ4n) is 2.94. The Morgan fingerprint density at radius 2 is 2.10 bits per heavy atom. The quantitative estimate of drug-likeness (QED) is 0.799. The van der Waals surface area contributed by atoms with Gasteiger partial charge in [0.05, 0.1) is 5.41 Å². The van der Waals surface area contributed by atoms with Crippen LogP contribution in [-0.2, 0) is 10.2 Å². The van der Waals surface area contributed by atoms with E-state index < -0.39 is 5.41 Å². The van der Waals surface area contributed by atoms with Crippen LogP contribution in [0.5, 0.6) is 0 Å². The minimum absolute atomic E-state index is 0.199. The molecule has 1 aromatic carbocycles. The van der Waals surface area contributed by atoms with E-state index in [9.17, 15) is 4.79 Å². The summed E-state index contributed by atoms with van der Waals surface area (Å²) in [6, 6.07) is 4.41. The SMILES string of the molecule is C=C(CC)c1cc2c(cc1Cl)C(C)(C)C(=O)N2C1CC1. The first kappa shape index (κ1) is 13.7. The first-order valence-electron chi connectivity index (χ1n) is 7.23. The molecule has 1 aromatic rings. The molecule has 0 N–H and O–H groups in total. The predicted molar refractivity (Wildman–Crippen MR) is 84.3 cm³/mol. The monoisotopic (exact) mass is 289 g/mol. The number of amides is 1. The van der Waals surface area contributed by atoms with Gasteiger partial charge in [-0.1, -0.05) is 25.1 Å². The van der Waals surface area contributed by atoms with Crippen molar-refractivity contribution in [2.45, 2.75) is 51.5 Å². The molecule has 1 aliphatic heterocycles. The largest absolute Gasteiger partial charge is 0.308 e. The summed E-state index contributed by atoms with van der Waals surface area (Å²) in [6.07, 6.45) is 3.07. The van der Waals surface area contributed by atoms with Crippen LogP contribution in [0.2, 0.25) is 5.02 Å². The van der Waals surface area contributed by atoms with Crippen molar-refractivity contribution in [1.29, 1.82) is 0 Å². The number of hydrogen-bond donors (Lipinski definition) is 0. The molecular weight excluding hydrogens is 270 g/mol. The fourth-order valence-corrected chi connectivity index (χ4v) is 3.24. The number of halogens is 1. The van der Waals surface area contributed by atoms with Crippen molar-refractivity contribution >= 4 is 28.8 Å². The van der Waals surface area contributed by atoms with Gasteiger partial charge in [-0.15, -0.1) is 0 Å². The molecule has 0 aromatic heterocycles. The molecule has 20 heavy (non-hydrogen) atoms. The molecule has 1 saturated carbocycles. The second-order valence-electron chi connectivity index (χ2n) is 6.34. The Bertz CT molecular complexity index is 614. The van der Waals surface area contributed by atoms with E-state index in [-0.39, 0.29) is 5.91 Å². The number of nitrogens with zero attached hydrogens (tertiary/aromatic N) is 1. The molecule has 0 atom stereocenters. The van der Waals surface area contributed by atoms with Crippen LogP contribution in [0.4, 0.5) is 5.69 Å². The molecule has 0 radical (unpaired) electrons. The van der Waals surface area contributed by atoms with Crippen LogP contribution in [0.25, 0.3) is 5.57 Å². The highest BCUT2D eigenvalue weighted by molar-refractivity contribution is 6.33. The van der Waals surface area contributed by atoms with Crippen LogP contribution in [0.1, 0.15) is 51.2 Å². The number of allylic oxidation sites excluding steroid dienone is 1. The average molecular weight is 290 g/mol. The van der Waals surface area contributed by atoms with Gasteiger partial charge in [-0.25, -0.2) is 0 Å². The molecule has 1 amide bonds. The minimum atomic E-state index is -0.479. The summed E-state index contributed by atoms with van der Waals surface area (Å²) in [5.41, 5.74) is 3.60. The van der Waals surface area contributed by atoms with Gasteiger partial charge in [-0.05, 0) is 61.9 Å². The van der Waals surface area contributed by atoms with Crippen LogP contribution in [-0.4, -0.2) is 11.9 Å². The minimum Gasteiger partial charge on any atom is -0.308 e. The van der Waals surface area contributed by atoms with Gasteiger partial charge in [0.15, 0.2) is 0 Å². The first-order valence-corrected chi connectivity index (χ1v) is 7.61. The van der Waals surface area contributed by atoms with Crippen molar-refractivity contribution in [2.24, 2.45) is 0 Å². The van der Waals surface area contributed by atoms with Crippen molar-refractivity contribution in [3.8, 4) is 0 Å². The average Bonchev–Trinajstić information content (AvgIpc) is 3.20. The smallest absolute Gasteiger partial charge is 0.237 e. The van der Waals surface area contributed by atoms with E-state index in [4.69, 9.17) is 11.6 Å². The van der Waals surface area contributed by atoms with Crippen LogP contribution < -0.4 is 4.90 Å². The third kappa shape index (κ3) is 1.81. The molecule has 1 fully saturated rings. The molecular formula is C17H20ClNO. The van der Waals surface area contributed by atoms with Crippen LogP contribution in [0.3, 0.4) is 0 Å². The van der Waals surface area contributed by atoms with Crippen LogP contribution in [0, 0.1) is 0 Å². The first-order chi connectivity index (χ1) is 9.37. The normalized spacial score (nSPS) is 20.2. The van der Waals surface area contributed by atoms with Crippen LogP contribution >= 0.6 is 11.6 Å². The van der Waals surface area contributed by atoms with Gasteiger partial charge < -0.3 is 4.90 Å². The van der Waals surface area contributed by atoms with E-state index >= 15 is 0 Å². The maximum atomic E-state index is 12.7. The van der Waals surface area contributed by atoms with Gasteiger partial charge in [0, 0.05) is 16.8 Å². The maximum Gasteiger partial charge on any atom is 0.237 e. The number of carbonyl (C=O) groups excluding carboxylic acids is 1. The van der Waals surface area contributed by atoms with Crippen molar-refractivity contribution < 1.29 is 4.79 Å². The van der Waals surface area contributed by atoms with Gasteiger partial charge in [0.2, 0.25) is 5.91 Å². The lowest BCUT2D eigenvalue weighted by Gasteiger charge is -2.19. The third-order valence-electron chi connectivity index (χ3n) is 4.49. The molecule has 1 heterocycles. The van der Waals surface area contributed by atoms with Crippen molar-refractivity contribution in [1.82, 2.24) is 0 Å². The molecule has 0 spiro atoms. The lowest BCUT2D eigenvalue weighted by molar-refractivity contribution is -0.122. The Balaban J connectivity index is 2.19. The number of carbonyl (C=O) groups is 1. The summed E-state index contributed by atoms with van der Waals surface area (Å²) in [6.45, 7) is 10.1. The molecule has 2 aliphatic rings. The molecule has 3 rings (SSSR count). The van der Waals surface area contributed by atoms with E-state index in [2.05, 4.69) is 19.6 Å². The molecule has 2 nitrogen and oxygen atoms in total. The lowest BCUT2D eigenvalue weighted by atomic mass is 9.85. The van der Waals surface area contributed by atoms with Crippen molar-refractivity contribution in [3.63, 3.8) is 0 Å². The number of hydrogen-bond acceptors (Lipinski definition) is 1. The highest BCUT2D eigenvalue weighted by Gasteiger charge is 2.49. The summed E-state index contributed by atoms with van der Waals surface area (Å²) in [5, 5.41) is 0.703.